The van der Waals surface area contributed by atoms with Crippen LogP contribution in [0.25, 0.3) is 11.8 Å². The molecule has 0 radical (unpaired) electrons. The molecule has 156 valence electrons. The summed E-state index contributed by atoms with van der Waals surface area (Å²) in [6, 6.07) is 9.85. The van der Waals surface area contributed by atoms with Crippen LogP contribution < -0.4 is 0 Å². The minimum absolute atomic E-state index is 0.0108. The van der Waals surface area contributed by atoms with Crippen molar-refractivity contribution in [2.75, 3.05) is 6.54 Å². The molecule has 1 saturated heterocycles. The predicted octanol–water partition coefficient (Wildman–Crippen LogP) is 4.23. The molecule has 10 heteroatoms. The van der Waals surface area contributed by atoms with E-state index >= 15 is 0 Å². The third kappa shape index (κ3) is 5.14. The molecule has 0 aliphatic carbocycles. The van der Waals surface area contributed by atoms with Crippen LogP contribution >= 0.6 is 24.0 Å². The van der Waals surface area contributed by atoms with E-state index in [0.717, 1.165) is 11.4 Å². The first-order chi connectivity index (χ1) is 14.4. The summed E-state index contributed by atoms with van der Waals surface area (Å²) in [5.41, 5.74) is 1.51. The van der Waals surface area contributed by atoms with E-state index in [2.05, 4.69) is 0 Å². The van der Waals surface area contributed by atoms with Crippen molar-refractivity contribution in [1.29, 1.82) is 0 Å². The standard InChI is InChI=1S/C20H19N3O5S2/c24-18(25)6-2-1-3-11-22-19(26)17(30-20(22)29)13-16-5-4-12-21(16)14-7-9-15(10-8-14)23(27)28/h4-5,7-10,12-13H,1-3,6,11H2,(H,24,25). The maximum atomic E-state index is 12.8. The van der Waals surface area contributed by atoms with Gasteiger partial charge in [0.25, 0.3) is 11.6 Å². The number of hydrogen-bond donors (Lipinski definition) is 1. The zero-order valence-corrected chi connectivity index (χ0v) is 17.5. The van der Waals surface area contributed by atoms with Crippen LogP contribution in [0.5, 0.6) is 0 Å². The lowest BCUT2D eigenvalue weighted by molar-refractivity contribution is -0.384. The van der Waals surface area contributed by atoms with Gasteiger partial charge in [-0.1, -0.05) is 30.4 Å². The van der Waals surface area contributed by atoms with Crippen LogP contribution in [-0.2, 0) is 9.59 Å². The quantitative estimate of drug-likeness (QED) is 0.202. The van der Waals surface area contributed by atoms with E-state index in [1.807, 2.05) is 22.9 Å². The fraction of sp³-hybridized carbons (Fsp3) is 0.250. The highest BCUT2D eigenvalue weighted by Gasteiger charge is 2.31. The molecule has 1 fully saturated rings. The minimum Gasteiger partial charge on any atom is -0.481 e. The van der Waals surface area contributed by atoms with Gasteiger partial charge in [0, 0.05) is 42.7 Å². The number of amides is 1. The van der Waals surface area contributed by atoms with Gasteiger partial charge in [0.2, 0.25) is 0 Å². The second kappa shape index (κ2) is 9.68. The van der Waals surface area contributed by atoms with Crippen molar-refractivity contribution in [2.45, 2.75) is 25.7 Å². The Balaban J connectivity index is 1.70. The Kier molecular flexibility index (Phi) is 7.01. The van der Waals surface area contributed by atoms with E-state index < -0.39 is 10.9 Å². The van der Waals surface area contributed by atoms with Gasteiger partial charge in [0.1, 0.15) is 4.32 Å². The van der Waals surface area contributed by atoms with E-state index in [1.165, 1.54) is 23.9 Å². The summed E-state index contributed by atoms with van der Waals surface area (Å²) in [5, 5.41) is 19.5. The van der Waals surface area contributed by atoms with E-state index in [0.29, 0.717) is 35.0 Å². The van der Waals surface area contributed by atoms with Crippen molar-refractivity contribution in [1.82, 2.24) is 9.47 Å². The van der Waals surface area contributed by atoms with Crippen LogP contribution in [0.15, 0.2) is 47.5 Å². The Labute approximate surface area is 182 Å². The molecule has 1 N–H and O–H groups in total. The molecular weight excluding hydrogens is 426 g/mol. The van der Waals surface area contributed by atoms with Gasteiger partial charge in [-0.15, -0.1) is 0 Å². The molecule has 0 saturated carbocycles. The summed E-state index contributed by atoms with van der Waals surface area (Å²) in [6.45, 7) is 0.463. The molecule has 0 unspecified atom stereocenters. The Bertz CT molecular complexity index is 1010. The number of aliphatic carboxylic acids is 1. The van der Waals surface area contributed by atoms with Gasteiger partial charge in [0.15, 0.2) is 0 Å². The molecule has 1 aromatic heterocycles. The number of hydrogen-bond acceptors (Lipinski definition) is 6. The number of aromatic nitrogens is 1. The Morgan fingerprint density at radius 3 is 2.60 bits per heavy atom. The van der Waals surface area contributed by atoms with Gasteiger partial charge >= 0.3 is 5.97 Å². The van der Waals surface area contributed by atoms with Gasteiger partial charge in [-0.3, -0.25) is 24.6 Å². The average Bonchev–Trinajstić information content (AvgIpc) is 3.27. The summed E-state index contributed by atoms with van der Waals surface area (Å²) in [4.78, 5) is 35.8. The van der Waals surface area contributed by atoms with E-state index in [9.17, 15) is 19.7 Å². The zero-order chi connectivity index (χ0) is 21.7. The number of thiocarbonyl (C=S) groups is 1. The number of nitrogens with zero attached hydrogens (tertiary/aromatic N) is 3. The number of thioether (sulfide) groups is 1. The van der Waals surface area contributed by atoms with Gasteiger partial charge in [-0.25, -0.2) is 0 Å². The molecule has 0 bridgehead atoms. The van der Waals surface area contributed by atoms with E-state index in [1.54, 1.807) is 23.1 Å². The number of non-ortho nitro benzene ring substituents is 1. The second-order valence-electron chi connectivity index (χ2n) is 6.61. The molecule has 30 heavy (non-hydrogen) atoms. The highest BCUT2D eigenvalue weighted by molar-refractivity contribution is 8.26. The molecule has 3 rings (SSSR count). The third-order valence-corrected chi connectivity index (χ3v) is 5.92. The predicted molar refractivity (Wildman–Crippen MR) is 118 cm³/mol. The van der Waals surface area contributed by atoms with Crippen LogP contribution in [0.4, 0.5) is 5.69 Å². The van der Waals surface area contributed by atoms with Crippen LogP contribution in [0.3, 0.4) is 0 Å². The molecule has 0 atom stereocenters. The van der Waals surface area contributed by atoms with Crippen LogP contribution in [0.2, 0.25) is 0 Å². The molecule has 1 aliphatic heterocycles. The number of carboxylic acids is 1. The van der Waals surface area contributed by atoms with E-state index in [4.69, 9.17) is 17.3 Å². The van der Waals surface area contributed by atoms with Gasteiger partial charge in [-0.2, -0.15) is 0 Å². The van der Waals surface area contributed by atoms with Crippen molar-refractivity contribution in [3.05, 3.63) is 63.3 Å². The Hall–Kier alpha value is -2.98. The maximum Gasteiger partial charge on any atom is 0.303 e. The summed E-state index contributed by atoms with van der Waals surface area (Å²) in [7, 11) is 0. The number of unbranched alkanes of at least 4 members (excludes halogenated alkanes) is 2. The number of rotatable bonds is 9. The molecular formula is C20H19N3O5S2. The molecule has 8 nitrogen and oxygen atoms in total. The fourth-order valence-corrected chi connectivity index (χ4v) is 4.33. The summed E-state index contributed by atoms with van der Waals surface area (Å²) in [6.07, 6.45) is 5.67. The summed E-state index contributed by atoms with van der Waals surface area (Å²) in [5.74, 6) is -0.987. The minimum atomic E-state index is -0.820. The molecule has 1 amide bonds. The molecule has 1 aliphatic rings. The lowest BCUT2D eigenvalue weighted by Gasteiger charge is -2.13. The first-order valence-electron chi connectivity index (χ1n) is 9.26. The third-order valence-electron chi connectivity index (χ3n) is 4.54. The fourth-order valence-electron chi connectivity index (χ4n) is 3.03. The summed E-state index contributed by atoms with van der Waals surface area (Å²) < 4.78 is 2.32. The van der Waals surface area contributed by atoms with Crippen molar-refractivity contribution in [3.8, 4) is 5.69 Å². The lowest BCUT2D eigenvalue weighted by atomic mass is 10.2. The number of nitro groups is 1. The van der Waals surface area contributed by atoms with Crippen molar-refractivity contribution < 1.29 is 19.6 Å². The lowest BCUT2D eigenvalue weighted by Crippen LogP contribution is -2.29. The highest BCUT2D eigenvalue weighted by atomic mass is 32.2. The van der Waals surface area contributed by atoms with Gasteiger partial charge in [0.05, 0.1) is 9.83 Å². The average molecular weight is 446 g/mol. The van der Waals surface area contributed by atoms with Crippen LogP contribution in [-0.4, -0.2) is 42.2 Å². The smallest absolute Gasteiger partial charge is 0.303 e. The second-order valence-corrected chi connectivity index (χ2v) is 8.29. The largest absolute Gasteiger partial charge is 0.481 e. The van der Waals surface area contributed by atoms with Gasteiger partial charge in [-0.05, 0) is 43.2 Å². The Morgan fingerprint density at radius 2 is 1.93 bits per heavy atom. The number of carbonyl (C=O) groups is 2. The number of benzene rings is 1. The molecule has 2 heterocycles. The van der Waals surface area contributed by atoms with Gasteiger partial charge < -0.3 is 9.67 Å². The number of carbonyl (C=O) groups excluding carboxylic acids is 1. The van der Waals surface area contributed by atoms with Crippen LogP contribution in [0.1, 0.15) is 31.4 Å². The maximum absolute atomic E-state index is 12.8. The normalized spacial score (nSPS) is 15.2. The Morgan fingerprint density at radius 1 is 1.20 bits per heavy atom. The SMILES string of the molecule is O=C(O)CCCCCN1C(=O)C(=Cc2cccn2-c2ccc([N+](=O)[O-])cc2)SC1=S. The monoisotopic (exact) mass is 445 g/mol. The molecule has 0 spiro atoms. The highest BCUT2D eigenvalue weighted by Crippen LogP contribution is 2.33. The first kappa shape index (κ1) is 21.7. The summed E-state index contributed by atoms with van der Waals surface area (Å²) >= 11 is 6.57. The van der Waals surface area contributed by atoms with Crippen molar-refractivity contribution in [2.24, 2.45) is 0 Å². The topological polar surface area (TPSA) is 106 Å². The molecule has 1 aromatic carbocycles. The molecule has 2 aromatic rings. The number of nitro benzene ring substituents is 1. The van der Waals surface area contributed by atoms with E-state index in [-0.39, 0.29) is 18.0 Å². The first-order valence-corrected chi connectivity index (χ1v) is 10.5. The van der Waals surface area contributed by atoms with Crippen molar-refractivity contribution >= 4 is 51.9 Å². The number of carboxylic acid groups (broad SMARTS) is 1. The van der Waals surface area contributed by atoms with Crippen LogP contribution in [0, 0.1) is 10.1 Å². The zero-order valence-electron chi connectivity index (χ0n) is 15.9. The van der Waals surface area contributed by atoms with Crippen molar-refractivity contribution in [3.63, 3.8) is 0 Å².